The van der Waals surface area contributed by atoms with E-state index in [0.717, 1.165) is 30.2 Å². The number of amides is 2. The van der Waals surface area contributed by atoms with E-state index < -0.39 is 16.1 Å². The summed E-state index contributed by atoms with van der Waals surface area (Å²) >= 11 is 13.0. The van der Waals surface area contributed by atoms with Crippen LogP contribution in [0.25, 0.3) is 0 Å². The van der Waals surface area contributed by atoms with Gasteiger partial charge in [0.05, 0.1) is 11.9 Å². The fraction of sp³-hybridized carbons (Fsp3) is 0.375. The predicted molar refractivity (Wildman–Crippen MR) is 171 cm³/mol. The Morgan fingerprint density at radius 2 is 1.60 bits per heavy atom. The van der Waals surface area contributed by atoms with Gasteiger partial charge in [-0.3, -0.25) is 13.9 Å². The normalized spacial score (nSPS) is 12.0. The number of carbonyl (C=O) groups is 2. The van der Waals surface area contributed by atoms with Gasteiger partial charge in [0.1, 0.15) is 6.04 Å². The first-order valence-electron chi connectivity index (χ1n) is 14.1. The minimum Gasteiger partial charge on any atom is -0.354 e. The summed E-state index contributed by atoms with van der Waals surface area (Å²) < 4.78 is 26.6. The summed E-state index contributed by atoms with van der Waals surface area (Å²) in [5.74, 6) is -0.559. The number of halogens is 2. The first-order chi connectivity index (χ1) is 20.0. The van der Waals surface area contributed by atoms with E-state index in [2.05, 4.69) is 5.32 Å². The zero-order valence-corrected chi connectivity index (χ0v) is 26.7. The zero-order chi connectivity index (χ0) is 30.7. The predicted octanol–water partition coefficient (Wildman–Crippen LogP) is 6.40. The fourth-order valence-corrected chi connectivity index (χ4v) is 6.18. The Bertz CT molecular complexity index is 1430. The van der Waals surface area contributed by atoms with Crippen LogP contribution in [0.4, 0.5) is 5.69 Å². The number of nitrogens with zero attached hydrogens (tertiary/aromatic N) is 2. The molecule has 1 atom stereocenters. The topological polar surface area (TPSA) is 86.8 Å². The smallest absolute Gasteiger partial charge is 0.243 e. The minimum atomic E-state index is -3.59. The number of nitrogens with one attached hydrogen (secondary N) is 1. The van der Waals surface area contributed by atoms with Gasteiger partial charge in [0, 0.05) is 48.1 Å². The van der Waals surface area contributed by atoms with Gasteiger partial charge in [-0.05, 0) is 55.2 Å². The molecule has 2 amide bonds. The second-order valence-electron chi connectivity index (χ2n) is 10.3. The fourth-order valence-electron chi connectivity index (χ4n) is 4.70. The maximum Gasteiger partial charge on any atom is 0.243 e. The highest BCUT2D eigenvalue weighted by Gasteiger charge is 2.31. The van der Waals surface area contributed by atoms with Crippen molar-refractivity contribution in [3.8, 4) is 0 Å². The van der Waals surface area contributed by atoms with E-state index in [1.807, 2.05) is 50.2 Å². The maximum atomic E-state index is 13.9. The van der Waals surface area contributed by atoms with Crippen molar-refractivity contribution in [1.29, 1.82) is 0 Å². The molecular weight excluding hydrogens is 593 g/mol. The Balaban J connectivity index is 1.91. The van der Waals surface area contributed by atoms with Crippen LogP contribution in [0.3, 0.4) is 0 Å². The van der Waals surface area contributed by atoms with Crippen LogP contribution >= 0.6 is 23.2 Å². The molecule has 0 bridgehead atoms. The molecule has 0 spiro atoms. The molecule has 7 nitrogen and oxygen atoms in total. The van der Waals surface area contributed by atoms with Crippen LogP contribution in [-0.4, -0.2) is 50.5 Å². The van der Waals surface area contributed by atoms with Gasteiger partial charge in [0.2, 0.25) is 21.8 Å². The Labute approximate surface area is 259 Å². The summed E-state index contributed by atoms with van der Waals surface area (Å²) in [6.07, 6.45) is 3.45. The molecule has 226 valence electrons. The van der Waals surface area contributed by atoms with Crippen molar-refractivity contribution >= 4 is 50.7 Å². The summed E-state index contributed by atoms with van der Waals surface area (Å²) in [4.78, 5) is 29.1. The van der Waals surface area contributed by atoms with Gasteiger partial charge < -0.3 is 10.2 Å². The van der Waals surface area contributed by atoms with Crippen LogP contribution < -0.4 is 9.62 Å². The summed E-state index contributed by atoms with van der Waals surface area (Å²) in [6.45, 7) is 4.57. The highest BCUT2D eigenvalue weighted by atomic mass is 35.5. The van der Waals surface area contributed by atoms with Gasteiger partial charge in [-0.1, -0.05) is 85.1 Å². The van der Waals surface area contributed by atoms with Gasteiger partial charge in [-0.25, -0.2) is 8.42 Å². The van der Waals surface area contributed by atoms with E-state index in [4.69, 9.17) is 23.2 Å². The minimum absolute atomic E-state index is 0.0213. The van der Waals surface area contributed by atoms with Crippen molar-refractivity contribution in [2.75, 3.05) is 23.7 Å². The van der Waals surface area contributed by atoms with Gasteiger partial charge >= 0.3 is 0 Å². The lowest BCUT2D eigenvalue weighted by atomic mass is 10.0. The maximum absolute atomic E-state index is 13.9. The standard InChI is InChI=1S/C32H39Cl2N3O4S/c1-4-5-19-35-32(39)30(22-25-13-7-6-8-14-25)36(23-27-28(33)16-10-17-29(27)34)31(38)18-11-20-37(42(3,40)41)26-15-9-12-24(2)21-26/h6-10,12-17,21,30H,4-5,11,18-20,22-23H2,1-3H3,(H,35,39). The molecule has 10 heteroatoms. The van der Waals surface area contributed by atoms with E-state index in [9.17, 15) is 18.0 Å². The molecule has 3 aromatic rings. The molecule has 0 heterocycles. The summed E-state index contributed by atoms with van der Waals surface area (Å²) in [7, 11) is -3.59. The molecule has 1 N–H and O–H groups in total. The second-order valence-corrected chi connectivity index (χ2v) is 13.1. The number of unbranched alkanes of at least 4 members (excludes halogenated alkanes) is 1. The summed E-state index contributed by atoms with van der Waals surface area (Å²) in [5.41, 5.74) is 2.92. The van der Waals surface area contributed by atoms with Crippen molar-refractivity contribution in [3.63, 3.8) is 0 Å². The Morgan fingerprint density at radius 3 is 2.21 bits per heavy atom. The quantitative estimate of drug-likeness (QED) is 0.197. The van der Waals surface area contributed by atoms with Crippen LogP contribution in [0, 0.1) is 6.92 Å². The van der Waals surface area contributed by atoms with E-state index >= 15 is 0 Å². The average molecular weight is 633 g/mol. The molecule has 0 saturated carbocycles. The van der Waals surface area contributed by atoms with Crippen LogP contribution in [0.15, 0.2) is 72.8 Å². The highest BCUT2D eigenvalue weighted by molar-refractivity contribution is 7.92. The molecule has 0 aromatic heterocycles. The van der Waals surface area contributed by atoms with Gasteiger partial charge in [-0.2, -0.15) is 0 Å². The Morgan fingerprint density at radius 1 is 0.929 bits per heavy atom. The van der Waals surface area contributed by atoms with E-state index in [1.165, 1.54) is 9.21 Å². The average Bonchev–Trinajstić information content (AvgIpc) is 2.94. The first-order valence-corrected chi connectivity index (χ1v) is 16.7. The van der Waals surface area contributed by atoms with Crippen molar-refractivity contribution in [2.45, 2.75) is 58.5 Å². The van der Waals surface area contributed by atoms with E-state index in [0.29, 0.717) is 34.3 Å². The lowest BCUT2D eigenvalue weighted by molar-refractivity contribution is -0.141. The van der Waals surface area contributed by atoms with Crippen molar-refractivity contribution < 1.29 is 18.0 Å². The number of aryl methyl sites for hydroxylation is 1. The van der Waals surface area contributed by atoms with Crippen LogP contribution in [0.5, 0.6) is 0 Å². The number of sulfonamides is 1. The summed E-state index contributed by atoms with van der Waals surface area (Å²) in [5, 5.41) is 3.78. The number of anilines is 1. The van der Waals surface area contributed by atoms with Crippen molar-refractivity contribution in [2.24, 2.45) is 0 Å². The SMILES string of the molecule is CCCCNC(=O)C(Cc1ccccc1)N(Cc1c(Cl)cccc1Cl)C(=O)CCCN(c1cccc(C)c1)S(C)(=O)=O. The molecular formula is C32H39Cl2N3O4S. The lowest BCUT2D eigenvalue weighted by Gasteiger charge is -2.32. The van der Waals surface area contributed by atoms with E-state index in [-0.39, 0.29) is 37.7 Å². The Hall–Kier alpha value is -3.07. The van der Waals surface area contributed by atoms with Gasteiger partial charge in [0.15, 0.2) is 0 Å². The van der Waals surface area contributed by atoms with Gasteiger partial charge in [0.25, 0.3) is 0 Å². The summed E-state index contributed by atoms with van der Waals surface area (Å²) in [6, 6.07) is 21.0. The van der Waals surface area contributed by atoms with Crippen LogP contribution in [-0.2, 0) is 32.6 Å². The molecule has 42 heavy (non-hydrogen) atoms. The number of hydrogen-bond donors (Lipinski definition) is 1. The number of carbonyl (C=O) groups excluding carboxylic acids is 2. The third-order valence-electron chi connectivity index (χ3n) is 6.93. The molecule has 0 fully saturated rings. The van der Waals surface area contributed by atoms with E-state index in [1.54, 1.807) is 36.4 Å². The number of benzene rings is 3. The second kappa shape index (κ2) is 16.0. The molecule has 0 aliphatic heterocycles. The van der Waals surface area contributed by atoms with Crippen LogP contribution in [0.1, 0.15) is 49.3 Å². The van der Waals surface area contributed by atoms with Crippen molar-refractivity contribution in [1.82, 2.24) is 10.2 Å². The molecule has 1 unspecified atom stereocenters. The lowest BCUT2D eigenvalue weighted by Crippen LogP contribution is -2.50. The third kappa shape index (κ3) is 9.75. The van der Waals surface area contributed by atoms with Gasteiger partial charge in [-0.15, -0.1) is 0 Å². The molecule has 0 saturated heterocycles. The molecule has 0 aliphatic carbocycles. The largest absolute Gasteiger partial charge is 0.354 e. The number of rotatable bonds is 15. The first kappa shape index (κ1) is 33.4. The third-order valence-corrected chi connectivity index (χ3v) is 8.83. The molecule has 3 rings (SSSR count). The highest BCUT2D eigenvalue weighted by Crippen LogP contribution is 2.28. The molecule has 3 aromatic carbocycles. The molecule has 0 aliphatic rings. The van der Waals surface area contributed by atoms with Crippen molar-refractivity contribution in [3.05, 3.63) is 99.5 Å². The van der Waals surface area contributed by atoms with Crippen LogP contribution in [0.2, 0.25) is 10.0 Å². The number of hydrogen-bond acceptors (Lipinski definition) is 4. The monoisotopic (exact) mass is 631 g/mol. The molecule has 0 radical (unpaired) electrons. The zero-order valence-electron chi connectivity index (χ0n) is 24.4. The Kier molecular flexibility index (Phi) is 12.7.